The molecule has 1 aromatic rings. The Balaban J connectivity index is 2.16. The quantitative estimate of drug-likeness (QED) is 0.644. The average Bonchev–Trinajstić information content (AvgIpc) is 2.67. The third-order valence-electron chi connectivity index (χ3n) is 3.24. The number of hydrogen-bond acceptors (Lipinski definition) is 4. The minimum absolute atomic E-state index is 0.0355. The number of hydrogen-bond donors (Lipinski definition) is 1. The molecule has 1 fully saturated rings. The van der Waals surface area contributed by atoms with Gasteiger partial charge in [0.05, 0.1) is 11.0 Å². The van der Waals surface area contributed by atoms with Gasteiger partial charge in [-0.15, -0.1) is 0 Å². The lowest BCUT2D eigenvalue weighted by Gasteiger charge is -2.24. The number of nitro benzene ring substituents is 1. The third kappa shape index (κ3) is 2.33. The van der Waals surface area contributed by atoms with E-state index in [0.29, 0.717) is 13.0 Å². The molecule has 1 aromatic carbocycles. The summed E-state index contributed by atoms with van der Waals surface area (Å²) in [4.78, 5) is 23.5. The van der Waals surface area contributed by atoms with E-state index in [1.807, 2.05) is 6.92 Å². The van der Waals surface area contributed by atoms with Crippen LogP contribution in [0.5, 0.6) is 0 Å². The highest BCUT2D eigenvalue weighted by molar-refractivity contribution is 5.79. The number of amides is 1. The van der Waals surface area contributed by atoms with Crippen molar-refractivity contribution in [2.45, 2.75) is 25.4 Å². The Bertz CT molecular complexity index is 472. The van der Waals surface area contributed by atoms with Crippen LogP contribution >= 0.6 is 0 Å². The highest BCUT2D eigenvalue weighted by Crippen LogP contribution is 2.26. The second kappa shape index (κ2) is 4.73. The Kier molecular flexibility index (Phi) is 3.29. The van der Waals surface area contributed by atoms with Gasteiger partial charge in [-0.05, 0) is 12.5 Å². The number of benzene rings is 1. The van der Waals surface area contributed by atoms with E-state index >= 15 is 0 Å². The Labute approximate surface area is 105 Å². The molecule has 0 spiro atoms. The van der Waals surface area contributed by atoms with Crippen LogP contribution in [0.2, 0.25) is 0 Å². The average molecular weight is 249 g/mol. The number of carbonyl (C=O) groups is 1. The van der Waals surface area contributed by atoms with Crippen molar-refractivity contribution in [1.29, 1.82) is 0 Å². The number of likely N-dealkylation sites (tertiary alicyclic amines) is 1. The smallest absolute Gasteiger partial charge is 0.269 e. The monoisotopic (exact) mass is 249 g/mol. The Morgan fingerprint density at radius 1 is 1.44 bits per heavy atom. The van der Waals surface area contributed by atoms with Crippen LogP contribution in [-0.4, -0.2) is 28.3 Å². The Morgan fingerprint density at radius 2 is 2.06 bits per heavy atom. The molecule has 0 aromatic heterocycles. The number of nitro groups is 1. The van der Waals surface area contributed by atoms with E-state index < -0.39 is 4.92 Å². The van der Waals surface area contributed by atoms with Crippen LogP contribution in [-0.2, 0) is 4.79 Å². The zero-order valence-corrected chi connectivity index (χ0v) is 10.1. The van der Waals surface area contributed by atoms with E-state index in [-0.39, 0.29) is 23.7 Å². The Morgan fingerprint density at radius 3 is 2.50 bits per heavy atom. The van der Waals surface area contributed by atoms with Gasteiger partial charge in [0.25, 0.3) is 5.69 Å². The van der Waals surface area contributed by atoms with Crippen molar-refractivity contribution in [2.24, 2.45) is 5.73 Å². The lowest BCUT2D eigenvalue weighted by atomic mass is 10.1. The lowest BCUT2D eigenvalue weighted by molar-refractivity contribution is -0.384. The molecule has 1 unspecified atom stereocenters. The highest BCUT2D eigenvalue weighted by Gasteiger charge is 2.31. The van der Waals surface area contributed by atoms with Crippen molar-refractivity contribution in [3.63, 3.8) is 0 Å². The molecule has 1 amide bonds. The molecule has 1 heterocycles. The van der Waals surface area contributed by atoms with Crippen molar-refractivity contribution < 1.29 is 9.72 Å². The van der Waals surface area contributed by atoms with Crippen LogP contribution in [0.25, 0.3) is 0 Å². The summed E-state index contributed by atoms with van der Waals surface area (Å²) >= 11 is 0. The van der Waals surface area contributed by atoms with Crippen LogP contribution < -0.4 is 5.73 Å². The first-order valence-corrected chi connectivity index (χ1v) is 5.78. The van der Waals surface area contributed by atoms with Crippen LogP contribution in [0.3, 0.4) is 0 Å². The fourth-order valence-electron chi connectivity index (χ4n) is 2.19. The zero-order valence-electron chi connectivity index (χ0n) is 10.1. The molecular weight excluding hydrogens is 234 g/mol. The summed E-state index contributed by atoms with van der Waals surface area (Å²) in [5.74, 6) is 0.0355. The van der Waals surface area contributed by atoms with Crippen molar-refractivity contribution in [2.75, 3.05) is 6.54 Å². The number of nitrogens with zero attached hydrogens (tertiary/aromatic N) is 2. The molecule has 2 rings (SSSR count). The fraction of sp³-hybridized carbons (Fsp3) is 0.417. The highest BCUT2D eigenvalue weighted by atomic mass is 16.6. The van der Waals surface area contributed by atoms with Gasteiger partial charge in [-0.25, -0.2) is 0 Å². The molecule has 0 saturated carbocycles. The van der Waals surface area contributed by atoms with Crippen molar-refractivity contribution in [1.82, 2.24) is 4.90 Å². The van der Waals surface area contributed by atoms with Gasteiger partial charge in [-0.1, -0.05) is 12.1 Å². The molecule has 1 aliphatic rings. The molecule has 96 valence electrons. The maximum Gasteiger partial charge on any atom is 0.269 e. The van der Waals surface area contributed by atoms with Crippen molar-refractivity contribution >= 4 is 11.6 Å². The zero-order chi connectivity index (χ0) is 13.3. The maximum absolute atomic E-state index is 11.7. The molecule has 18 heavy (non-hydrogen) atoms. The van der Waals surface area contributed by atoms with Crippen molar-refractivity contribution in [3.8, 4) is 0 Å². The summed E-state index contributed by atoms with van der Waals surface area (Å²) in [6, 6.07) is 6.04. The van der Waals surface area contributed by atoms with Crippen LogP contribution in [0.1, 0.15) is 24.9 Å². The normalized spacial score (nSPS) is 21.1. The van der Waals surface area contributed by atoms with Crippen molar-refractivity contribution in [3.05, 3.63) is 39.9 Å². The first-order valence-electron chi connectivity index (χ1n) is 5.78. The van der Waals surface area contributed by atoms with Gasteiger partial charge >= 0.3 is 0 Å². The molecule has 0 bridgehead atoms. The molecule has 2 N–H and O–H groups in total. The van der Waals surface area contributed by atoms with E-state index in [9.17, 15) is 14.9 Å². The molecule has 6 heteroatoms. The molecule has 2 atom stereocenters. The third-order valence-corrected chi connectivity index (χ3v) is 3.24. The number of rotatable bonds is 3. The molecule has 6 nitrogen and oxygen atoms in total. The maximum atomic E-state index is 11.7. The Hall–Kier alpha value is -1.95. The van der Waals surface area contributed by atoms with E-state index in [0.717, 1.165) is 5.56 Å². The number of carbonyl (C=O) groups excluding carboxylic acids is 1. The topological polar surface area (TPSA) is 89.5 Å². The predicted octanol–water partition coefficient (Wildman–Crippen LogP) is 1.22. The molecule has 0 radical (unpaired) electrons. The van der Waals surface area contributed by atoms with Gasteiger partial charge in [0.1, 0.15) is 0 Å². The van der Waals surface area contributed by atoms with Crippen LogP contribution in [0, 0.1) is 10.1 Å². The van der Waals surface area contributed by atoms with E-state index in [2.05, 4.69) is 0 Å². The summed E-state index contributed by atoms with van der Waals surface area (Å²) in [6.07, 6.45) is 0.372. The van der Waals surface area contributed by atoms with Gasteiger partial charge < -0.3 is 10.6 Å². The fourth-order valence-corrected chi connectivity index (χ4v) is 2.19. The molecular formula is C12H15N3O3. The van der Waals surface area contributed by atoms with Gasteiger partial charge in [-0.2, -0.15) is 0 Å². The second-order valence-corrected chi connectivity index (χ2v) is 4.53. The van der Waals surface area contributed by atoms with Crippen LogP contribution in [0.15, 0.2) is 24.3 Å². The van der Waals surface area contributed by atoms with Gasteiger partial charge in [0.2, 0.25) is 5.91 Å². The number of nitrogens with two attached hydrogens (primary N) is 1. The summed E-state index contributed by atoms with van der Waals surface area (Å²) in [5.41, 5.74) is 6.67. The van der Waals surface area contributed by atoms with Gasteiger partial charge in [-0.3, -0.25) is 14.9 Å². The summed E-state index contributed by atoms with van der Waals surface area (Å²) in [6.45, 7) is 2.44. The van der Waals surface area contributed by atoms with E-state index in [4.69, 9.17) is 5.73 Å². The minimum Gasteiger partial charge on any atom is -0.334 e. The van der Waals surface area contributed by atoms with Crippen LogP contribution in [0.4, 0.5) is 5.69 Å². The lowest BCUT2D eigenvalue weighted by Crippen LogP contribution is -2.30. The molecule has 0 aliphatic carbocycles. The predicted molar refractivity (Wildman–Crippen MR) is 65.8 cm³/mol. The first-order chi connectivity index (χ1) is 8.49. The van der Waals surface area contributed by atoms with Gasteiger partial charge in [0, 0.05) is 31.1 Å². The summed E-state index contributed by atoms with van der Waals surface area (Å²) in [5, 5.41) is 10.6. The van der Waals surface area contributed by atoms with E-state index in [1.54, 1.807) is 17.0 Å². The minimum atomic E-state index is -0.439. The first kappa shape index (κ1) is 12.5. The largest absolute Gasteiger partial charge is 0.334 e. The van der Waals surface area contributed by atoms with Gasteiger partial charge in [0.15, 0.2) is 0 Å². The summed E-state index contributed by atoms with van der Waals surface area (Å²) < 4.78 is 0. The second-order valence-electron chi connectivity index (χ2n) is 4.53. The number of non-ortho nitro benzene ring substituents is 1. The SMILES string of the molecule is C[C@@H](c1ccc([N+](=O)[O-])cc1)N1CC(N)CC1=O. The molecule has 1 saturated heterocycles. The standard InChI is InChI=1S/C12H15N3O3/c1-8(14-7-10(13)6-12(14)16)9-2-4-11(5-3-9)15(17)18/h2-5,8,10H,6-7,13H2,1H3/t8-,10?/m0/s1. The van der Waals surface area contributed by atoms with E-state index in [1.165, 1.54) is 12.1 Å². The molecule has 1 aliphatic heterocycles. The summed E-state index contributed by atoms with van der Waals surface area (Å²) in [7, 11) is 0.